The number of hydrogen-bond donors (Lipinski definition) is 3. The number of benzene rings is 2. The van der Waals surface area contributed by atoms with Crippen LogP contribution in [0, 0.1) is 5.82 Å². The maximum absolute atomic E-state index is 13.0. The normalized spacial score (nSPS) is 13.0. The fourth-order valence-electron chi connectivity index (χ4n) is 3.09. The first kappa shape index (κ1) is 19.3. The third-order valence-electron chi connectivity index (χ3n) is 4.73. The summed E-state index contributed by atoms with van der Waals surface area (Å²) in [4.78, 5) is 45.0. The van der Waals surface area contributed by atoms with Gasteiger partial charge in [0.1, 0.15) is 11.5 Å². The Labute approximate surface area is 170 Å². The average Bonchev–Trinajstić information content (AvgIpc) is 3.43. The molecule has 0 aliphatic heterocycles. The Morgan fingerprint density at radius 1 is 1.07 bits per heavy atom. The molecule has 1 aromatic heterocycles. The molecule has 9 heteroatoms. The van der Waals surface area contributed by atoms with E-state index in [0.29, 0.717) is 16.9 Å². The molecule has 2 aromatic carbocycles. The minimum absolute atomic E-state index is 0.00887. The molecule has 0 atom stereocenters. The molecule has 3 aromatic rings. The van der Waals surface area contributed by atoms with Gasteiger partial charge in [0.25, 0.3) is 17.7 Å². The molecule has 8 nitrogen and oxygen atoms in total. The minimum atomic E-state index is -0.759. The Bertz CT molecular complexity index is 1100. The number of nitrogens with one attached hydrogen (secondary N) is 2. The van der Waals surface area contributed by atoms with Crippen molar-refractivity contribution in [3.05, 3.63) is 77.6 Å². The standard InChI is InChI=1S/C21H18FN5O3/c22-13-3-1-12(2-4-13)20(29)26-14-5-7-15(8-6-14)27(16-9-10-16)21(30)18-17(19(23)28)24-11-25-18/h1-8,11,16H,9-10H2,(H2,23,28)(H,24,25)(H,26,29). The van der Waals surface area contributed by atoms with Crippen molar-refractivity contribution in [3.8, 4) is 0 Å². The monoisotopic (exact) mass is 407 g/mol. The van der Waals surface area contributed by atoms with E-state index in [1.54, 1.807) is 29.2 Å². The quantitative estimate of drug-likeness (QED) is 0.582. The van der Waals surface area contributed by atoms with Gasteiger partial charge in [-0.05, 0) is 61.4 Å². The van der Waals surface area contributed by atoms with Crippen molar-refractivity contribution in [2.45, 2.75) is 18.9 Å². The van der Waals surface area contributed by atoms with Crippen molar-refractivity contribution >= 4 is 29.1 Å². The van der Waals surface area contributed by atoms with Crippen LogP contribution in [0.1, 0.15) is 44.2 Å². The van der Waals surface area contributed by atoms with Gasteiger partial charge in [-0.25, -0.2) is 9.37 Å². The number of nitrogens with zero attached hydrogens (tertiary/aromatic N) is 2. The molecule has 30 heavy (non-hydrogen) atoms. The largest absolute Gasteiger partial charge is 0.364 e. The molecule has 0 unspecified atom stereocenters. The van der Waals surface area contributed by atoms with Crippen LogP contribution in [0.2, 0.25) is 0 Å². The van der Waals surface area contributed by atoms with Crippen molar-refractivity contribution in [1.29, 1.82) is 0 Å². The second-order valence-corrected chi connectivity index (χ2v) is 6.90. The number of aromatic amines is 1. The van der Waals surface area contributed by atoms with Crippen LogP contribution in [0.25, 0.3) is 0 Å². The Morgan fingerprint density at radius 3 is 2.33 bits per heavy atom. The van der Waals surface area contributed by atoms with Gasteiger partial charge in [-0.15, -0.1) is 0 Å². The molecular weight excluding hydrogens is 389 g/mol. The van der Waals surface area contributed by atoms with Gasteiger partial charge in [0, 0.05) is 23.0 Å². The number of anilines is 2. The number of H-pyrrole nitrogens is 1. The van der Waals surface area contributed by atoms with Crippen LogP contribution >= 0.6 is 0 Å². The lowest BCUT2D eigenvalue weighted by atomic mass is 10.2. The number of hydrogen-bond acceptors (Lipinski definition) is 4. The van der Waals surface area contributed by atoms with Crippen LogP contribution in [0.15, 0.2) is 54.9 Å². The highest BCUT2D eigenvalue weighted by Gasteiger charge is 2.36. The van der Waals surface area contributed by atoms with Crippen molar-refractivity contribution < 1.29 is 18.8 Å². The maximum Gasteiger partial charge on any atom is 0.279 e. The molecule has 1 heterocycles. The van der Waals surface area contributed by atoms with Crippen LogP contribution in [-0.4, -0.2) is 33.7 Å². The van der Waals surface area contributed by atoms with Crippen LogP contribution < -0.4 is 16.0 Å². The molecule has 1 fully saturated rings. The lowest BCUT2D eigenvalue weighted by Gasteiger charge is -2.22. The van der Waals surface area contributed by atoms with Gasteiger partial charge in [-0.3, -0.25) is 14.4 Å². The molecule has 1 aliphatic carbocycles. The Kier molecular flexibility index (Phi) is 5.01. The molecule has 152 valence electrons. The van der Waals surface area contributed by atoms with Crippen molar-refractivity contribution in [2.75, 3.05) is 10.2 Å². The zero-order valence-electron chi connectivity index (χ0n) is 15.8. The minimum Gasteiger partial charge on any atom is -0.364 e. The van der Waals surface area contributed by atoms with E-state index in [9.17, 15) is 18.8 Å². The molecule has 1 aliphatic rings. The summed E-state index contributed by atoms with van der Waals surface area (Å²) in [5.41, 5.74) is 6.71. The molecule has 0 bridgehead atoms. The van der Waals surface area contributed by atoms with Gasteiger partial charge in [0.05, 0.1) is 6.33 Å². The Balaban J connectivity index is 1.53. The summed E-state index contributed by atoms with van der Waals surface area (Å²) >= 11 is 0. The SMILES string of the molecule is NC(=O)c1[nH]cnc1C(=O)N(c1ccc(NC(=O)c2ccc(F)cc2)cc1)C1CC1. The molecule has 0 radical (unpaired) electrons. The van der Waals surface area contributed by atoms with Crippen LogP contribution in [-0.2, 0) is 0 Å². The van der Waals surface area contributed by atoms with Crippen molar-refractivity contribution in [2.24, 2.45) is 5.73 Å². The van der Waals surface area contributed by atoms with E-state index >= 15 is 0 Å². The van der Waals surface area contributed by atoms with E-state index < -0.39 is 17.6 Å². The summed E-state index contributed by atoms with van der Waals surface area (Å²) in [6.07, 6.45) is 2.93. The molecule has 0 spiro atoms. The van der Waals surface area contributed by atoms with E-state index in [1.165, 1.54) is 30.6 Å². The second-order valence-electron chi connectivity index (χ2n) is 6.90. The number of rotatable bonds is 6. The zero-order valence-corrected chi connectivity index (χ0v) is 15.8. The number of primary amides is 1. The predicted molar refractivity (Wildman–Crippen MR) is 108 cm³/mol. The summed E-state index contributed by atoms with van der Waals surface area (Å²) in [6, 6.07) is 12.0. The number of amides is 3. The first-order valence-electron chi connectivity index (χ1n) is 9.28. The first-order valence-corrected chi connectivity index (χ1v) is 9.28. The fourth-order valence-corrected chi connectivity index (χ4v) is 3.09. The van der Waals surface area contributed by atoms with Gasteiger partial charge < -0.3 is 20.9 Å². The Morgan fingerprint density at radius 2 is 1.73 bits per heavy atom. The number of aromatic nitrogens is 2. The smallest absolute Gasteiger partial charge is 0.279 e. The molecule has 3 amide bonds. The van der Waals surface area contributed by atoms with E-state index in [-0.39, 0.29) is 23.3 Å². The highest BCUT2D eigenvalue weighted by atomic mass is 19.1. The Hall–Kier alpha value is -4.01. The number of imidazole rings is 1. The van der Waals surface area contributed by atoms with Gasteiger partial charge in [0.2, 0.25) is 0 Å². The maximum atomic E-state index is 13.0. The van der Waals surface area contributed by atoms with Crippen LogP contribution in [0.3, 0.4) is 0 Å². The van der Waals surface area contributed by atoms with Crippen LogP contribution in [0.4, 0.5) is 15.8 Å². The number of halogens is 1. The summed E-state index contributed by atoms with van der Waals surface area (Å²) < 4.78 is 13.0. The summed E-state index contributed by atoms with van der Waals surface area (Å²) in [7, 11) is 0. The van der Waals surface area contributed by atoms with Crippen LogP contribution in [0.5, 0.6) is 0 Å². The van der Waals surface area contributed by atoms with Gasteiger partial charge >= 0.3 is 0 Å². The lowest BCUT2D eigenvalue weighted by molar-refractivity contribution is 0.0954. The average molecular weight is 407 g/mol. The van der Waals surface area contributed by atoms with E-state index in [1.807, 2.05) is 0 Å². The zero-order chi connectivity index (χ0) is 21.3. The molecule has 4 rings (SSSR count). The number of carbonyl (C=O) groups is 3. The van der Waals surface area contributed by atoms with E-state index in [2.05, 4.69) is 15.3 Å². The van der Waals surface area contributed by atoms with E-state index in [4.69, 9.17) is 5.73 Å². The van der Waals surface area contributed by atoms with Gasteiger partial charge in [0.15, 0.2) is 5.69 Å². The predicted octanol–water partition coefficient (Wildman–Crippen LogP) is 2.71. The van der Waals surface area contributed by atoms with Crippen molar-refractivity contribution in [1.82, 2.24) is 9.97 Å². The third kappa shape index (κ3) is 3.90. The summed E-state index contributed by atoms with van der Waals surface area (Å²) in [5, 5.41) is 2.73. The molecular formula is C21H18FN5O3. The third-order valence-corrected chi connectivity index (χ3v) is 4.73. The summed E-state index contributed by atoms with van der Waals surface area (Å²) in [6.45, 7) is 0. The molecule has 0 saturated heterocycles. The highest BCUT2D eigenvalue weighted by Crippen LogP contribution is 2.33. The molecule has 1 saturated carbocycles. The number of carbonyl (C=O) groups excluding carboxylic acids is 3. The molecule has 4 N–H and O–H groups in total. The van der Waals surface area contributed by atoms with Crippen molar-refractivity contribution in [3.63, 3.8) is 0 Å². The topological polar surface area (TPSA) is 121 Å². The fraction of sp³-hybridized carbons (Fsp3) is 0.143. The lowest BCUT2D eigenvalue weighted by Crippen LogP contribution is -2.34. The van der Waals surface area contributed by atoms with E-state index in [0.717, 1.165) is 12.8 Å². The number of nitrogens with two attached hydrogens (primary N) is 1. The van der Waals surface area contributed by atoms with Gasteiger partial charge in [-0.2, -0.15) is 0 Å². The second kappa shape index (κ2) is 7.78. The highest BCUT2D eigenvalue weighted by molar-refractivity contribution is 6.11. The first-order chi connectivity index (χ1) is 14.4. The van der Waals surface area contributed by atoms with Gasteiger partial charge in [-0.1, -0.05) is 0 Å². The summed E-state index contributed by atoms with van der Waals surface area (Å²) in [5.74, 6) is -1.97.